The minimum atomic E-state index is 0.282. The maximum atomic E-state index is 6.05. The van der Waals surface area contributed by atoms with E-state index in [-0.39, 0.29) is 4.83 Å². The molecule has 0 aliphatic heterocycles. The first-order valence-corrected chi connectivity index (χ1v) is 7.79. The SMILES string of the molecule is Cc1ccc(C)c(C(Br)Cc2ccc(Cl)c(Cl)c2)c1. The summed E-state index contributed by atoms with van der Waals surface area (Å²) < 4.78 is 0. The lowest BCUT2D eigenvalue weighted by molar-refractivity contribution is 0.936. The van der Waals surface area contributed by atoms with E-state index < -0.39 is 0 Å². The Balaban J connectivity index is 2.22. The lowest BCUT2D eigenvalue weighted by atomic mass is 9.98. The summed E-state index contributed by atoms with van der Waals surface area (Å²) in [6, 6.07) is 12.3. The highest BCUT2D eigenvalue weighted by Gasteiger charge is 2.12. The Hall–Kier alpha value is -0.500. The van der Waals surface area contributed by atoms with Crippen LogP contribution in [-0.4, -0.2) is 0 Å². The first-order chi connectivity index (χ1) is 8.97. The van der Waals surface area contributed by atoms with E-state index in [0.29, 0.717) is 10.0 Å². The predicted octanol–water partition coefficient (Wildman–Crippen LogP) is 6.29. The average molecular weight is 358 g/mol. The Morgan fingerprint density at radius 2 is 1.74 bits per heavy atom. The third kappa shape index (κ3) is 3.75. The van der Waals surface area contributed by atoms with Gasteiger partial charge in [0.25, 0.3) is 0 Å². The number of hydrogen-bond acceptors (Lipinski definition) is 0. The van der Waals surface area contributed by atoms with Gasteiger partial charge in [-0.3, -0.25) is 0 Å². The maximum Gasteiger partial charge on any atom is 0.0595 e. The van der Waals surface area contributed by atoms with Crippen molar-refractivity contribution in [2.45, 2.75) is 25.1 Å². The molecule has 100 valence electrons. The van der Waals surface area contributed by atoms with Crippen LogP contribution in [0.1, 0.15) is 27.1 Å². The van der Waals surface area contributed by atoms with Gasteiger partial charge in [0.05, 0.1) is 10.0 Å². The second-order valence-electron chi connectivity index (χ2n) is 4.78. The maximum absolute atomic E-state index is 6.05. The summed E-state index contributed by atoms with van der Waals surface area (Å²) in [5.74, 6) is 0. The molecule has 0 spiro atoms. The van der Waals surface area contributed by atoms with Crippen LogP contribution < -0.4 is 0 Å². The number of halogens is 3. The molecule has 0 aromatic heterocycles. The first-order valence-electron chi connectivity index (χ1n) is 6.12. The summed E-state index contributed by atoms with van der Waals surface area (Å²) in [7, 11) is 0. The molecule has 0 N–H and O–H groups in total. The minimum Gasteiger partial charge on any atom is -0.0835 e. The molecule has 19 heavy (non-hydrogen) atoms. The van der Waals surface area contributed by atoms with Crippen LogP contribution in [0.15, 0.2) is 36.4 Å². The molecule has 2 aromatic rings. The highest BCUT2D eigenvalue weighted by Crippen LogP contribution is 2.32. The summed E-state index contributed by atoms with van der Waals surface area (Å²) >= 11 is 15.8. The molecule has 0 heterocycles. The molecule has 2 aromatic carbocycles. The third-order valence-corrected chi connectivity index (χ3v) is 4.73. The van der Waals surface area contributed by atoms with E-state index in [1.165, 1.54) is 22.3 Å². The fraction of sp³-hybridized carbons (Fsp3) is 0.250. The molecule has 0 nitrogen and oxygen atoms in total. The monoisotopic (exact) mass is 356 g/mol. The summed E-state index contributed by atoms with van der Waals surface area (Å²) in [5, 5.41) is 1.21. The zero-order valence-electron chi connectivity index (χ0n) is 10.9. The van der Waals surface area contributed by atoms with E-state index in [4.69, 9.17) is 23.2 Å². The van der Waals surface area contributed by atoms with Crippen LogP contribution in [0.4, 0.5) is 0 Å². The second-order valence-corrected chi connectivity index (χ2v) is 6.70. The van der Waals surface area contributed by atoms with E-state index in [2.05, 4.69) is 48.0 Å². The van der Waals surface area contributed by atoms with Gasteiger partial charge < -0.3 is 0 Å². The van der Waals surface area contributed by atoms with E-state index in [1.54, 1.807) is 0 Å². The fourth-order valence-electron chi connectivity index (χ4n) is 2.08. The van der Waals surface area contributed by atoms with Gasteiger partial charge in [0.15, 0.2) is 0 Å². The van der Waals surface area contributed by atoms with Gasteiger partial charge in [-0.2, -0.15) is 0 Å². The Kier molecular flexibility index (Phi) is 4.94. The molecular formula is C16H15BrCl2. The number of hydrogen-bond donors (Lipinski definition) is 0. The molecular weight excluding hydrogens is 343 g/mol. The minimum absolute atomic E-state index is 0.282. The number of aryl methyl sites for hydroxylation is 2. The summed E-state index contributed by atoms with van der Waals surface area (Å²) in [5.41, 5.74) is 5.08. The number of alkyl halides is 1. The molecule has 0 fully saturated rings. The van der Waals surface area contributed by atoms with Crippen molar-refractivity contribution in [1.29, 1.82) is 0 Å². The quantitative estimate of drug-likeness (QED) is 0.566. The lowest BCUT2D eigenvalue weighted by Gasteiger charge is -2.14. The van der Waals surface area contributed by atoms with Crippen LogP contribution in [-0.2, 0) is 6.42 Å². The van der Waals surface area contributed by atoms with Crippen LogP contribution in [0.2, 0.25) is 10.0 Å². The summed E-state index contributed by atoms with van der Waals surface area (Å²) in [6.07, 6.45) is 0.890. The van der Waals surface area contributed by atoms with Gasteiger partial charge in [-0.15, -0.1) is 0 Å². The normalized spacial score (nSPS) is 12.5. The van der Waals surface area contributed by atoms with Gasteiger partial charge in [-0.1, -0.05) is 69.0 Å². The molecule has 0 aliphatic rings. The van der Waals surface area contributed by atoms with Gasteiger partial charge in [0, 0.05) is 4.83 Å². The van der Waals surface area contributed by atoms with Crippen molar-refractivity contribution in [1.82, 2.24) is 0 Å². The summed E-state index contributed by atoms with van der Waals surface area (Å²) in [6.45, 7) is 4.25. The van der Waals surface area contributed by atoms with Crippen molar-refractivity contribution in [3.8, 4) is 0 Å². The standard InChI is InChI=1S/C16H15BrCl2/c1-10-3-4-11(2)13(7-10)14(17)8-12-5-6-15(18)16(19)9-12/h3-7,9,14H,8H2,1-2H3. The number of benzene rings is 2. The van der Waals surface area contributed by atoms with Gasteiger partial charge in [0.1, 0.15) is 0 Å². The van der Waals surface area contributed by atoms with Gasteiger partial charge >= 0.3 is 0 Å². The molecule has 0 saturated carbocycles. The fourth-order valence-corrected chi connectivity index (χ4v) is 3.27. The highest BCUT2D eigenvalue weighted by molar-refractivity contribution is 9.09. The zero-order chi connectivity index (χ0) is 14.0. The van der Waals surface area contributed by atoms with Crippen LogP contribution >= 0.6 is 39.1 Å². The molecule has 2 rings (SSSR count). The van der Waals surface area contributed by atoms with Crippen LogP contribution in [0.3, 0.4) is 0 Å². The van der Waals surface area contributed by atoms with Crippen molar-refractivity contribution in [2.24, 2.45) is 0 Å². The molecule has 0 amide bonds. The third-order valence-electron chi connectivity index (χ3n) is 3.17. The van der Waals surface area contributed by atoms with Crippen molar-refractivity contribution in [3.63, 3.8) is 0 Å². The Labute approximate surface area is 132 Å². The van der Waals surface area contributed by atoms with Crippen molar-refractivity contribution in [2.75, 3.05) is 0 Å². The van der Waals surface area contributed by atoms with Crippen LogP contribution in [0.25, 0.3) is 0 Å². The molecule has 0 bridgehead atoms. The van der Waals surface area contributed by atoms with Gasteiger partial charge in [0.2, 0.25) is 0 Å². The van der Waals surface area contributed by atoms with Crippen molar-refractivity contribution >= 4 is 39.1 Å². The zero-order valence-corrected chi connectivity index (χ0v) is 14.0. The molecule has 1 unspecified atom stereocenters. The van der Waals surface area contributed by atoms with Gasteiger partial charge in [-0.25, -0.2) is 0 Å². The Bertz CT molecular complexity index is 593. The molecule has 0 aliphatic carbocycles. The van der Waals surface area contributed by atoms with E-state index in [1.807, 2.05) is 18.2 Å². The van der Waals surface area contributed by atoms with E-state index in [9.17, 15) is 0 Å². The number of rotatable bonds is 3. The van der Waals surface area contributed by atoms with Crippen molar-refractivity contribution < 1.29 is 0 Å². The Morgan fingerprint density at radius 1 is 1.00 bits per heavy atom. The largest absolute Gasteiger partial charge is 0.0835 e. The van der Waals surface area contributed by atoms with Crippen molar-refractivity contribution in [3.05, 3.63) is 68.7 Å². The van der Waals surface area contributed by atoms with E-state index in [0.717, 1.165) is 6.42 Å². The average Bonchev–Trinajstić information content (AvgIpc) is 2.36. The first kappa shape index (κ1) is 14.9. The Morgan fingerprint density at radius 3 is 2.42 bits per heavy atom. The van der Waals surface area contributed by atoms with Crippen LogP contribution in [0.5, 0.6) is 0 Å². The van der Waals surface area contributed by atoms with Gasteiger partial charge in [-0.05, 0) is 49.1 Å². The smallest absolute Gasteiger partial charge is 0.0595 e. The highest BCUT2D eigenvalue weighted by atomic mass is 79.9. The molecule has 0 radical (unpaired) electrons. The lowest BCUT2D eigenvalue weighted by Crippen LogP contribution is -1.98. The molecule has 3 heteroatoms. The predicted molar refractivity (Wildman–Crippen MR) is 87.8 cm³/mol. The summed E-state index contributed by atoms with van der Waals surface area (Å²) in [4.78, 5) is 0.282. The second kappa shape index (κ2) is 6.30. The topological polar surface area (TPSA) is 0 Å². The van der Waals surface area contributed by atoms with E-state index >= 15 is 0 Å². The molecule has 1 atom stereocenters. The van der Waals surface area contributed by atoms with Crippen LogP contribution in [0, 0.1) is 13.8 Å². The molecule has 0 saturated heterocycles.